The average Bonchev–Trinajstić information content (AvgIpc) is 3.71. The Hall–Kier alpha value is -2.77. The van der Waals surface area contributed by atoms with Crippen LogP contribution < -0.4 is 5.32 Å². The van der Waals surface area contributed by atoms with Crippen LogP contribution in [0.2, 0.25) is 0 Å². The number of hydrogen-bond acceptors (Lipinski definition) is 18. The third kappa shape index (κ3) is 32.7. The summed E-state index contributed by atoms with van der Waals surface area (Å²) in [7, 11) is 0. The van der Waals surface area contributed by atoms with E-state index in [2.05, 4.69) is 79.9 Å². The Morgan fingerprint density at radius 1 is 0.420 bits per heavy atom. The number of rotatable bonds is 51. The molecule has 3 fully saturated rings. The number of aliphatic hydroxyl groups excluding tert-OH is 11. The molecular formula is C69H121NO18. The van der Waals surface area contributed by atoms with E-state index in [1.165, 1.54) is 116 Å². The molecule has 0 aromatic heterocycles. The molecule has 3 aliphatic rings. The first-order chi connectivity index (χ1) is 42.8. The molecule has 0 saturated carbocycles. The summed E-state index contributed by atoms with van der Waals surface area (Å²) in [6.07, 6.45) is 35.8. The van der Waals surface area contributed by atoms with Crippen LogP contribution in [-0.2, 0) is 33.2 Å². The Morgan fingerprint density at radius 3 is 1.27 bits per heavy atom. The molecule has 88 heavy (non-hydrogen) atoms. The maximum atomic E-state index is 13.4. The van der Waals surface area contributed by atoms with Gasteiger partial charge in [0.1, 0.15) is 73.2 Å². The molecule has 17 unspecified atom stereocenters. The molecule has 0 aromatic rings. The summed E-state index contributed by atoms with van der Waals surface area (Å²) in [6.45, 7) is 1.60. The van der Waals surface area contributed by atoms with Crippen molar-refractivity contribution >= 4 is 5.91 Å². The van der Waals surface area contributed by atoms with Gasteiger partial charge in [0.05, 0.1) is 38.6 Å². The highest BCUT2D eigenvalue weighted by Gasteiger charge is 2.53. The van der Waals surface area contributed by atoms with Gasteiger partial charge in [0.25, 0.3) is 0 Å². The summed E-state index contributed by atoms with van der Waals surface area (Å²) in [5.41, 5.74) is 0. The molecule has 19 heteroatoms. The molecule has 3 aliphatic heterocycles. The van der Waals surface area contributed by atoms with Gasteiger partial charge in [-0.15, -0.1) is 0 Å². The predicted molar refractivity (Wildman–Crippen MR) is 341 cm³/mol. The molecule has 510 valence electrons. The van der Waals surface area contributed by atoms with E-state index in [1.807, 2.05) is 6.08 Å². The first-order valence-corrected chi connectivity index (χ1v) is 34.2. The smallest absolute Gasteiger partial charge is 0.220 e. The molecule has 0 aliphatic carbocycles. The first kappa shape index (κ1) is 79.5. The van der Waals surface area contributed by atoms with Crippen LogP contribution in [0.1, 0.15) is 226 Å². The number of carbonyl (C=O) groups excluding carboxylic acids is 1. The van der Waals surface area contributed by atoms with Crippen molar-refractivity contribution in [1.29, 1.82) is 0 Å². The number of hydrogen-bond donors (Lipinski definition) is 12. The molecule has 3 saturated heterocycles. The van der Waals surface area contributed by atoms with Crippen LogP contribution in [-0.4, -0.2) is 193 Å². The third-order valence-electron chi connectivity index (χ3n) is 16.7. The standard InChI is InChI=1S/C69H121NO18/c1-3-5-7-9-11-13-15-17-19-21-23-25-26-27-29-31-33-35-37-39-41-43-45-47-57(75)70-52(53(74)46-44-42-40-38-36-34-32-30-28-24-22-20-18-16-14-12-10-8-6-4-2)51-83-67-63(81)60(78)65(55(49-72)85-67)88-69-64(82)61(79)66(56(50-73)86-69)87-68-62(80)59(77)58(76)54(48-71)84-68/h5,7,11,13,17,19,23,25,36,38,44,46,52-56,58-69,71-74,76-82H,3-4,6,8-10,12,14-16,18,20-22,24,26-35,37,39-43,45,47-51H2,1-2H3,(H,70,75)/b7-5-,13-11-,19-17-,25-23-,38-36+,46-44+. The maximum absolute atomic E-state index is 13.4. The highest BCUT2D eigenvalue weighted by molar-refractivity contribution is 5.76. The van der Waals surface area contributed by atoms with E-state index in [-0.39, 0.29) is 18.9 Å². The fourth-order valence-corrected chi connectivity index (χ4v) is 11.2. The van der Waals surface area contributed by atoms with Crippen molar-refractivity contribution in [1.82, 2.24) is 5.32 Å². The molecule has 1 amide bonds. The number of carbonyl (C=O) groups is 1. The molecule has 12 N–H and O–H groups in total. The van der Waals surface area contributed by atoms with Crippen molar-refractivity contribution in [2.75, 3.05) is 26.4 Å². The van der Waals surface area contributed by atoms with Crippen LogP contribution in [0.3, 0.4) is 0 Å². The van der Waals surface area contributed by atoms with E-state index in [0.29, 0.717) is 12.8 Å². The molecule has 0 spiro atoms. The second kappa shape index (κ2) is 50.7. The number of allylic oxidation sites excluding steroid dienone is 11. The minimum absolute atomic E-state index is 0.227. The second-order valence-corrected chi connectivity index (χ2v) is 24.2. The van der Waals surface area contributed by atoms with Crippen molar-refractivity contribution in [3.05, 3.63) is 72.9 Å². The lowest BCUT2D eigenvalue weighted by Crippen LogP contribution is -2.66. The molecule has 0 bridgehead atoms. The van der Waals surface area contributed by atoms with Crippen molar-refractivity contribution < 1.29 is 89.4 Å². The van der Waals surface area contributed by atoms with Gasteiger partial charge in [-0.05, 0) is 70.6 Å². The first-order valence-electron chi connectivity index (χ1n) is 34.2. The van der Waals surface area contributed by atoms with Crippen LogP contribution in [0.15, 0.2) is 72.9 Å². The molecular weight excluding hydrogens is 1130 g/mol. The molecule has 3 rings (SSSR count). The Kier molecular flexibility index (Phi) is 45.8. The number of aliphatic hydroxyl groups is 11. The lowest BCUT2D eigenvalue weighted by atomic mass is 9.96. The molecule has 0 aromatic carbocycles. The minimum atomic E-state index is -1.98. The SMILES string of the molecule is CC/C=C\C/C=C\C/C=C\C/C=C\CCCCCCCCCCCCC(=O)NC(COC1OC(CO)C(OC2OC(CO)C(OC3OC(CO)C(O)C(O)C3O)C(O)C2O)C(O)C1O)C(O)/C=C/CC/C=C/CCCCCCCCCCCCCCCC. The Labute approximate surface area is 528 Å². The monoisotopic (exact) mass is 1250 g/mol. The Balaban J connectivity index is 1.46. The van der Waals surface area contributed by atoms with E-state index in [4.69, 9.17) is 28.4 Å². The van der Waals surface area contributed by atoms with Gasteiger partial charge in [-0.25, -0.2) is 0 Å². The van der Waals surface area contributed by atoms with Crippen molar-refractivity contribution in [2.45, 2.75) is 330 Å². The van der Waals surface area contributed by atoms with Crippen molar-refractivity contribution in [3.63, 3.8) is 0 Å². The van der Waals surface area contributed by atoms with Crippen LogP contribution in [0.4, 0.5) is 0 Å². The van der Waals surface area contributed by atoms with E-state index >= 15 is 0 Å². The quantitative estimate of drug-likeness (QED) is 0.0200. The summed E-state index contributed by atoms with van der Waals surface area (Å²) in [5.74, 6) is -0.292. The third-order valence-corrected chi connectivity index (χ3v) is 16.7. The van der Waals surface area contributed by atoms with Gasteiger partial charge in [0.15, 0.2) is 18.9 Å². The lowest BCUT2D eigenvalue weighted by Gasteiger charge is -2.48. The van der Waals surface area contributed by atoms with Gasteiger partial charge in [-0.1, -0.05) is 222 Å². The number of nitrogens with one attached hydrogen (secondary N) is 1. The fraction of sp³-hybridized carbons (Fsp3) is 0.812. The lowest BCUT2D eigenvalue weighted by molar-refractivity contribution is -0.379. The summed E-state index contributed by atoms with van der Waals surface area (Å²) >= 11 is 0. The van der Waals surface area contributed by atoms with Gasteiger partial charge in [0.2, 0.25) is 5.91 Å². The number of amides is 1. The van der Waals surface area contributed by atoms with Crippen LogP contribution >= 0.6 is 0 Å². The van der Waals surface area contributed by atoms with Gasteiger partial charge >= 0.3 is 0 Å². The second-order valence-electron chi connectivity index (χ2n) is 24.2. The topological polar surface area (TPSA) is 307 Å². The fourth-order valence-electron chi connectivity index (χ4n) is 11.2. The predicted octanol–water partition coefficient (Wildman–Crippen LogP) is 8.55. The van der Waals surface area contributed by atoms with E-state index in [1.54, 1.807) is 6.08 Å². The molecule has 0 radical (unpaired) electrons. The summed E-state index contributed by atoms with van der Waals surface area (Å²) in [5, 5.41) is 120. The van der Waals surface area contributed by atoms with Crippen LogP contribution in [0, 0.1) is 0 Å². The van der Waals surface area contributed by atoms with Crippen molar-refractivity contribution in [3.8, 4) is 0 Å². The van der Waals surface area contributed by atoms with Gasteiger partial charge in [-0.3, -0.25) is 4.79 Å². The van der Waals surface area contributed by atoms with Crippen molar-refractivity contribution in [2.24, 2.45) is 0 Å². The Bertz CT molecular complexity index is 1880. The molecule has 3 heterocycles. The zero-order valence-corrected chi connectivity index (χ0v) is 53.7. The van der Waals surface area contributed by atoms with Crippen LogP contribution in [0.25, 0.3) is 0 Å². The average molecular weight is 1250 g/mol. The zero-order chi connectivity index (χ0) is 64.0. The maximum Gasteiger partial charge on any atom is 0.220 e. The van der Waals surface area contributed by atoms with Gasteiger partial charge in [-0.2, -0.15) is 0 Å². The van der Waals surface area contributed by atoms with E-state index in [9.17, 15) is 61.0 Å². The summed E-state index contributed by atoms with van der Waals surface area (Å²) in [4.78, 5) is 13.4. The van der Waals surface area contributed by atoms with Gasteiger partial charge in [0, 0.05) is 6.42 Å². The van der Waals surface area contributed by atoms with Crippen LogP contribution in [0.5, 0.6) is 0 Å². The van der Waals surface area contributed by atoms with E-state index in [0.717, 1.165) is 77.0 Å². The highest BCUT2D eigenvalue weighted by atomic mass is 16.8. The summed E-state index contributed by atoms with van der Waals surface area (Å²) < 4.78 is 34.3. The normalized spacial score (nSPS) is 28.9. The van der Waals surface area contributed by atoms with E-state index < -0.39 is 124 Å². The Morgan fingerprint density at radius 2 is 0.795 bits per heavy atom. The van der Waals surface area contributed by atoms with Gasteiger partial charge < -0.3 is 89.9 Å². The minimum Gasteiger partial charge on any atom is -0.394 e. The molecule has 17 atom stereocenters. The zero-order valence-electron chi connectivity index (χ0n) is 53.7. The number of unbranched alkanes of at least 4 members (excludes halogenated alkanes) is 25. The highest BCUT2D eigenvalue weighted by Crippen LogP contribution is 2.33. The number of ether oxygens (including phenoxy) is 6. The summed E-state index contributed by atoms with van der Waals surface area (Å²) in [6, 6.07) is -0.996. The largest absolute Gasteiger partial charge is 0.394 e. The molecule has 19 nitrogen and oxygen atoms in total.